The molecule has 0 radical (unpaired) electrons. The monoisotopic (exact) mass is 301 g/mol. The topological polar surface area (TPSA) is 47.6 Å². The zero-order chi connectivity index (χ0) is 15.5. The van der Waals surface area contributed by atoms with Crippen LogP contribution in [0.4, 0.5) is 10.1 Å². The molecule has 1 amide bonds. The number of carbonyl (C=O) groups is 1. The standard InChI is InChI=1S/C17H16FNO3/c1-11-8-15-16(22-7-6-21-15)10-14(11)19-17(20)9-12-4-2-3-5-13(12)18/h2-5,8,10H,6-7,9H2,1H3,(H,19,20). The number of nitrogens with one attached hydrogen (secondary N) is 1. The second-order valence-electron chi connectivity index (χ2n) is 5.13. The van der Waals surface area contributed by atoms with E-state index in [-0.39, 0.29) is 18.1 Å². The summed E-state index contributed by atoms with van der Waals surface area (Å²) >= 11 is 0. The van der Waals surface area contributed by atoms with Gasteiger partial charge in [-0.15, -0.1) is 0 Å². The van der Waals surface area contributed by atoms with Gasteiger partial charge in [0, 0.05) is 11.8 Å². The smallest absolute Gasteiger partial charge is 0.228 e. The Morgan fingerprint density at radius 2 is 1.86 bits per heavy atom. The normalized spacial score (nSPS) is 12.8. The number of aryl methyl sites for hydroxylation is 1. The number of amides is 1. The van der Waals surface area contributed by atoms with E-state index in [9.17, 15) is 9.18 Å². The fraction of sp³-hybridized carbons (Fsp3) is 0.235. The number of fused-ring (bicyclic) bond motifs is 1. The van der Waals surface area contributed by atoms with Crippen molar-refractivity contribution < 1.29 is 18.7 Å². The molecule has 4 nitrogen and oxygen atoms in total. The van der Waals surface area contributed by atoms with Crippen LogP contribution in [-0.2, 0) is 11.2 Å². The Morgan fingerprint density at radius 1 is 1.18 bits per heavy atom. The van der Waals surface area contributed by atoms with Crippen molar-refractivity contribution in [3.8, 4) is 11.5 Å². The first-order chi connectivity index (χ1) is 10.6. The number of benzene rings is 2. The van der Waals surface area contributed by atoms with Crippen LogP contribution in [0.25, 0.3) is 0 Å². The van der Waals surface area contributed by atoms with Gasteiger partial charge in [-0.2, -0.15) is 0 Å². The maximum Gasteiger partial charge on any atom is 0.228 e. The molecule has 1 aliphatic heterocycles. The molecule has 2 aromatic carbocycles. The van der Waals surface area contributed by atoms with Crippen LogP contribution in [0.2, 0.25) is 0 Å². The molecule has 1 N–H and O–H groups in total. The van der Waals surface area contributed by atoms with Crippen molar-refractivity contribution in [2.45, 2.75) is 13.3 Å². The summed E-state index contributed by atoms with van der Waals surface area (Å²) in [6, 6.07) is 9.82. The molecule has 0 fully saturated rings. The van der Waals surface area contributed by atoms with Gasteiger partial charge in [-0.1, -0.05) is 18.2 Å². The molecule has 0 spiro atoms. The summed E-state index contributed by atoms with van der Waals surface area (Å²) in [6.07, 6.45) is -0.0133. The molecule has 114 valence electrons. The number of hydrogen-bond acceptors (Lipinski definition) is 3. The lowest BCUT2D eigenvalue weighted by Gasteiger charge is -2.20. The Labute approximate surface area is 127 Å². The fourth-order valence-corrected chi connectivity index (χ4v) is 2.33. The van der Waals surface area contributed by atoms with Crippen LogP contribution in [0.3, 0.4) is 0 Å². The zero-order valence-corrected chi connectivity index (χ0v) is 12.2. The average Bonchev–Trinajstić information content (AvgIpc) is 2.50. The number of halogens is 1. The summed E-state index contributed by atoms with van der Waals surface area (Å²) in [5.74, 6) is 0.635. The van der Waals surface area contributed by atoms with Crippen LogP contribution in [0.15, 0.2) is 36.4 Å². The number of hydrogen-bond donors (Lipinski definition) is 1. The molecule has 2 aromatic rings. The Hall–Kier alpha value is -2.56. The molecule has 22 heavy (non-hydrogen) atoms. The molecule has 0 atom stereocenters. The Kier molecular flexibility index (Phi) is 3.96. The first-order valence-corrected chi connectivity index (χ1v) is 7.07. The highest BCUT2D eigenvalue weighted by molar-refractivity contribution is 5.93. The second kappa shape index (κ2) is 6.05. The molecule has 1 aliphatic rings. The summed E-state index contributed by atoms with van der Waals surface area (Å²) < 4.78 is 24.6. The summed E-state index contributed by atoms with van der Waals surface area (Å²) in [6.45, 7) is 2.88. The molecular formula is C17H16FNO3. The fourth-order valence-electron chi connectivity index (χ4n) is 2.33. The van der Waals surface area contributed by atoms with Gasteiger partial charge >= 0.3 is 0 Å². The van der Waals surface area contributed by atoms with E-state index in [4.69, 9.17) is 9.47 Å². The minimum Gasteiger partial charge on any atom is -0.486 e. The Morgan fingerprint density at radius 3 is 2.59 bits per heavy atom. The van der Waals surface area contributed by atoms with Gasteiger partial charge < -0.3 is 14.8 Å². The molecule has 0 saturated carbocycles. The van der Waals surface area contributed by atoms with Crippen LogP contribution >= 0.6 is 0 Å². The van der Waals surface area contributed by atoms with Crippen LogP contribution in [0.1, 0.15) is 11.1 Å². The maximum atomic E-state index is 13.6. The van der Waals surface area contributed by atoms with Crippen molar-refractivity contribution >= 4 is 11.6 Å². The lowest BCUT2D eigenvalue weighted by Crippen LogP contribution is -2.18. The average molecular weight is 301 g/mol. The van der Waals surface area contributed by atoms with Crippen LogP contribution in [0.5, 0.6) is 11.5 Å². The SMILES string of the molecule is Cc1cc2c(cc1NC(=O)Cc1ccccc1F)OCCO2. The number of anilines is 1. The predicted octanol–water partition coefficient (Wildman–Crippen LogP) is 3.09. The summed E-state index contributed by atoms with van der Waals surface area (Å²) in [4.78, 5) is 12.1. The first kappa shape index (κ1) is 14.4. The van der Waals surface area contributed by atoms with Crippen LogP contribution in [-0.4, -0.2) is 19.1 Å². The Balaban J connectivity index is 1.75. The van der Waals surface area contributed by atoms with Gasteiger partial charge in [0.1, 0.15) is 19.0 Å². The molecule has 0 unspecified atom stereocenters. The summed E-state index contributed by atoms with van der Waals surface area (Å²) in [5, 5.41) is 2.79. The van der Waals surface area contributed by atoms with Gasteiger partial charge in [-0.25, -0.2) is 4.39 Å². The molecule has 0 bridgehead atoms. The molecule has 3 rings (SSSR count). The van der Waals surface area contributed by atoms with Gasteiger partial charge in [0.15, 0.2) is 11.5 Å². The van der Waals surface area contributed by atoms with E-state index >= 15 is 0 Å². The minimum absolute atomic E-state index is 0.0133. The molecule has 0 aromatic heterocycles. The third kappa shape index (κ3) is 3.03. The van der Waals surface area contributed by atoms with Crippen molar-refractivity contribution in [3.05, 3.63) is 53.3 Å². The maximum absolute atomic E-state index is 13.6. The van der Waals surface area contributed by atoms with Gasteiger partial charge in [0.25, 0.3) is 0 Å². The van der Waals surface area contributed by atoms with E-state index in [0.29, 0.717) is 36.0 Å². The van der Waals surface area contributed by atoms with Gasteiger partial charge in [0.2, 0.25) is 5.91 Å². The van der Waals surface area contributed by atoms with E-state index < -0.39 is 0 Å². The molecular weight excluding hydrogens is 285 g/mol. The lowest BCUT2D eigenvalue weighted by molar-refractivity contribution is -0.115. The van der Waals surface area contributed by atoms with Crippen molar-refractivity contribution in [2.75, 3.05) is 18.5 Å². The van der Waals surface area contributed by atoms with E-state index in [0.717, 1.165) is 5.56 Å². The van der Waals surface area contributed by atoms with E-state index in [1.807, 2.05) is 13.0 Å². The van der Waals surface area contributed by atoms with Crippen molar-refractivity contribution in [2.24, 2.45) is 0 Å². The predicted molar refractivity (Wildman–Crippen MR) is 80.9 cm³/mol. The third-order valence-electron chi connectivity index (χ3n) is 3.47. The zero-order valence-electron chi connectivity index (χ0n) is 12.2. The molecule has 0 aliphatic carbocycles. The third-order valence-corrected chi connectivity index (χ3v) is 3.47. The summed E-state index contributed by atoms with van der Waals surface area (Å²) in [5.41, 5.74) is 1.88. The molecule has 5 heteroatoms. The lowest BCUT2D eigenvalue weighted by atomic mass is 10.1. The largest absolute Gasteiger partial charge is 0.486 e. The number of ether oxygens (including phenoxy) is 2. The van der Waals surface area contributed by atoms with Crippen LogP contribution < -0.4 is 14.8 Å². The van der Waals surface area contributed by atoms with Crippen molar-refractivity contribution in [1.82, 2.24) is 0 Å². The second-order valence-corrected chi connectivity index (χ2v) is 5.13. The van der Waals surface area contributed by atoms with Gasteiger partial charge in [-0.3, -0.25) is 4.79 Å². The molecule has 1 heterocycles. The van der Waals surface area contributed by atoms with E-state index in [1.165, 1.54) is 6.07 Å². The highest BCUT2D eigenvalue weighted by Gasteiger charge is 2.16. The van der Waals surface area contributed by atoms with Crippen molar-refractivity contribution in [3.63, 3.8) is 0 Å². The number of rotatable bonds is 3. The van der Waals surface area contributed by atoms with Gasteiger partial charge in [-0.05, 0) is 30.2 Å². The summed E-state index contributed by atoms with van der Waals surface area (Å²) in [7, 11) is 0. The minimum atomic E-state index is -0.378. The van der Waals surface area contributed by atoms with Crippen molar-refractivity contribution in [1.29, 1.82) is 0 Å². The van der Waals surface area contributed by atoms with Crippen LogP contribution in [0, 0.1) is 12.7 Å². The highest BCUT2D eigenvalue weighted by Crippen LogP contribution is 2.35. The van der Waals surface area contributed by atoms with Gasteiger partial charge in [0.05, 0.1) is 6.42 Å². The molecule has 0 saturated heterocycles. The first-order valence-electron chi connectivity index (χ1n) is 7.07. The quantitative estimate of drug-likeness (QED) is 0.947. The Bertz CT molecular complexity index is 715. The number of carbonyl (C=O) groups excluding carboxylic acids is 1. The highest BCUT2D eigenvalue weighted by atomic mass is 19.1. The van der Waals surface area contributed by atoms with E-state index in [2.05, 4.69) is 5.32 Å². The van der Waals surface area contributed by atoms with E-state index in [1.54, 1.807) is 24.3 Å².